The SMILES string of the molecule is CCOc1cc(C=C2N=C(c3cccs3)OC2=O)ccc1OCc1ccccc1. The molecule has 0 N–H and O–H groups in total. The second kappa shape index (κ2) is 8.75. The molecule has 0 radical (unpaired) electrons. The lowest BCUT2D eigenvalue weighted by Gasteiger charge is -2.12. The molecule has 146 valence electrons. The van der Waals surface area contributed by atoms with Crippen LogP contribution in [0.3, 0.4) is 0 Å². The Balaban J connectivity index is 1.56. The van der Waals surface area contributed by atoms with E-state index in [9.17, 15) is 4.79 Å². The van der Waals surface area contributed by atoms with Gasteiger partial charge in [-0.3, -0.25) is 0 Å². The number of cyclic esters (lactones) is 1. The van der Waals surface area contributed by atoms with Crippen LogP contribution in [-0.4, -0.2) is 18.5 Å². The molecule has 1 aliphatic heterocycles. The van der Waals surface area contributed by atoms with Gasteiger partial charge in [0.15, 0.2) is 17.2 Å². The Morgan fingerprint density at radius 2 is 1.90 bits per heavy atom. The van der Waals surface area contributed by atoms with Gasteiger partial charge in [-0.15, -0.1) is 11.3 Å². The smallest absolute Gasteiger partial charge is 0.363 e. The van der Waals surface area contributed by atoms with Gasteiger partial charge in [0.1, 0.15) is 6.61 Å². The van der Waals surface area contributed by atoms with Crippen molar-refractivity contribution in [3.05, 3.63) is 87.7 Å². The zero-order valence-electron chi connectivity index (χ0n) is 15.8. The topological polar surface area (TPSA) is 57.1 Å². The van der Waals surface area contributed by atoms with Crippen LogP contribution in [0, 0.1) is 0 Å². The van der Waals surface area contributed by atoms with Crippen molar-refractivity contribution in [2.45, 2.75) is 13.5 Å². The molecule has 0 atom stereocenters. The third-order valence-corrected chi connectivity index (χ3v) is 5.02. The average molecular weight is 405 g/mol. The van der Waals surface area contributed by atoms with Crippen molar-refractivity contribution in [1.29, 1.82) is 0 Å². The molecule has 0 amide bonds. The number of rotatable bonds is 7. The molecule has 1 aromatic heterocycles. The lowest BCUT2D eigenvalue weighted by Crippen LogP contribution is -2.03. The standard InChI is InChI=1S/C23H19NO4S/c1-2-26-20-14-17(10-11-19(20)27-15-16-7-4-3-5-8-16)13-18-23(25)28-22(24-18)21-9-6-12-29-21/h3-14H,2,15H2,1H3. The number of hydrogen-bond acceptors (Lipinski definition) is 6. The van der Waals surface area contributed by atoms with Gasteiger partial charge in [0.25, 0.3) is 0 Å². The summed E-state index contributed by atoms with van der Waals surface area (Å²) in [7, 11) is 0. The molecular formula is C23H19NO4S. The first-order valence-corrected chi connectivity index (χ1v) is 10.1. The molecule has 0 bridgehead atoms. The van der Waals surface area contributed by atoms with Gasteiger partial charge in [-0.25, -0.2) is 9.79 Å². The van der Waals surface area contributed by atoms with Crippen molar-refractivity contribution in [2.75, 3.05) is 6.61 Å². The predicted octanol–water partition coefficient (Wildman–Crippen LogP) is 5.07. The van der Waals surface area contributed by atoms with Crippen molar-refractivity contribution >= 4 is 29.3 Å². The molecule has 4 rings (SSSR count). The van der Waals surface area contributed by atoms with Crippen LogP contribution in [0.1, 0.15) is 22.9 Å². The number of aliphatic imine (C=N–C) groups is 1. The fraction of sp³-hybridized carbons (Fsp3) is 0.130. The van der Waals surface area contributed by atoms with E-state index in [0.717, 1.165) is 16.0 Å². The molecule has 0 saturated carbocycles. The van der Waals surface area contributed by atoms with Crippen molar-refractivity contribution in [2.24, 2.45) is 4.99 Å². The molecule has 0 fully saturated rings. The normalized spacial score (nSPS) is 14.6. The Morgan fingerprint density at radius 1 is 1.03 bits per heavy atom. The van der Waals surface area contributed by atoms with Crippen LogP contribution in [0.2, 0.25) is 0 Å². The van der Waals surface area contributed by atoms with E-state index in [-0.39, 0.29) is 5.70 Å². The molecule has 0 aliphatic carbocycles. The first-order chi connectivity index (χ1) is 14.2. The van der Waals surface area contributed by atoms with E-state index < -0.39 is 5.97 Å². The van der Waals surface area contributed by atoms with Gasteiger partial charge in [0.2, 0.25) is 5.90 Å². The molecule has 5 nitrogen and oxygen atoms in total. The average Bonchev–Trinajstić information content (AvgIpc) is 3.39. The summed E-state index contributed by atoms with van der Waals surface area (Å²) in [6.07, 6.45) is 1.69. The van der Waals surface area contributed by atoms with Crippen LogP contribution in [0.15, 0.2) is 76.7 Å². The van der Waals surface area contributed by atoms with Gasteiger partial charge in [0, 0.05) is 0 Å². The zero-order valence-corrected chi connectivity index (χ0v) is 16.6. The molecule has 6 heteroatoms. The van der Waals surface area contributed by atoms with Crippen molar-refractivity contribution in [1.82, 2.24) is 0 Å². The lowest BCUT2D eigenvalue weighted by atomic mass is 10.1. The van der Waals surface area contributed by atoms with Crippen LogP contribution in [0.5, 0.6) is 11.5 Å². The molecule has 0 spiro atoms. The highest BCUT2D eigenvalue weighted by atomic mass is 32.1. The number of ether oxygens (including phenoxy) is 3. The van der Waals surface area contributed by atoms with Gasteiger partial charge in [-0.2, -0.15) is 0 Å². The number of benzene rings is 2. The minimum Gasteiger partial charge on any atom is -0.490 e. The zero-order chi connectivity index (χ0) is 20.1. The first kappa shape index (κ1) is 19.0. The monoisotopic (exact) mass is 405 g/mol. The Morgan fingerprint density at radius 3 is 2.66 bits per heavy atom. The Bertz CT molecular complexity index is 1060. The van der Waals surface area contributed by atoms with E-state index in [0.29, 0.717) is 30.6 Å². The fourth-order valence-electron chi connectivity index (χ4n) is 2.81. The summed E-state index contributed by atoms with van der Waals surface area (Å²) in [5.41, 5.74) is 2.11. The van der Waals surface area contributed by atoms with Crippen LogP contribution in [0.4, 0.5) is 0 Å². The summed E-state index contributed by atoms with van der Waals surface area (Å²) in [4.78, 5) is 17.3. The molecule has 0 unspecified atom stereocenters. The van der Waals surface area contributed by atoms with E-state index in [1.807, 2.05) is 73.0 Å². The highest BCUT2D eigenvalue weighted by Gasteiger charge is 2.24. The molecule has 0 saturated heterocycles. The van der Waals surface area contributed by atoms with Crippen molar-refractivity contribution in [3.8, 4) is 11.5 Å². The summed E-state index contributed by atoms with van der Waals surface area (Å²) in [6, 6.07) is 19.2. The highest BCUT2D eigenvalue weighted by Crippen LogP contribution is 2.31. The number of esters is 1. The van der Waals surface area contributed by atoms with Crippen LogP contribution in [0.25, 0.3) is 6.08 Å². The number of carbonyl (C=O) groups excluding carboxylic acids is 1. The highest BCUT2D eigenvalue weighted by molar-refractivity contribution is 7.12. The maximum absolute atomic E-state index is 12.2. The Hall–Kier alpha value is -3.38. The van der Waals surface area contributed by atoms with Gasteiger partial charge >= 0.3 is 5.97 Å². The third-order valence-electron chi connectivity index (χ3n) is 4.16. The summed E-state index contributed by atoms with van der Waals surface area (Å²) in [5.74, 6) is 1.14. The van der Waals surface area contributed by atoms with Crippen LogP contribution in [-0.2, 0) is 16.1 Å². The lowest BCUT2D eigenvalue weighted by molar-refractivity contribution is -0.129. The molecular weight excluding hydrogens is 386 g/mol. The minimum absolute atomic E-state index is 0.258. The van der Waals surface area contributed by atoms with Crippen LogP contribution < -0.4 is 9.47 Å². The third kappa shape index (κ3) is 4.55. The van der Waals surface area contributed by atoms with Gasteiger partial charge in [0.05, 0.1) is 11.5 Å². The maximum atomic E-state index is 12.2. The molecule has 1 aliphatic rings. The first-order valence-electron chi connectivity index (χ1n) is 9.23. The molecule has 3 aromatic rings. The van der Waals surface area contributed by atoms with E-state index in [4.69, 9.17) is 14.2 Å². The maximum Gasteiger partial charge on any atom is 0.363 e. The molecule has 2 heterocycles. The van der Waals surface area contributed by atoms with E-state index in [2.05, 4.69) is 4.99 Å². The quantitative estimate of drug-likeness (QED) is 0.407. The molecule has 2 aromatic carbocycles. The molecule has 29 heavy (non-hydrogen) atoms. The minimum atomic E-state index is -0.462. The van der Waals surface area contributed by atoms with E-state index in [1.54, 1.807) is 6.08 Å². The number of carbonyl (C=O) groups is 1. The van der Waals surface area contributed by atoms with E-state index in [1.165, 1.54) is 11.3 Å². The van der Waals surface area contributed by atoms with Crippen molar-refractivity contribution in [3.63, 3.8) is 0 Å². The van der Waals surface area contributed by atoms with Gasteiger partial charge in [-0.05, 0) is 47.7 Å². The number of hydrogen-bond donors (Lipinski definition) is 0. The second-order valence-electron chi connectivity index (χ2n) is 6.23. The summed E-state index contributed by atoms with van der Waals surface area (Å²) < 4.78 is 16.9. The number of nitrogens with zero attached hydrogens (tertiary/aromatic N) is 1. The van der Waals surface area contributed by atoms with Gasteiger partial charge < -0.3 is 14.2 Å². The number of thiophene rings is 1. The Labute approximate surface area is 172 Å². The predicted molar refractivity (Wildman–Crippen MR) is 113 cm³/mol. The fourth-order valence-corrected chi connectivity index (χ4v) is 3.46. The Kier molecular flexibility index (Phi) is 5.72. The van der Waals surface area contributed by atoms with E-state index >= 15 is 0 Å². The van der Waals surface area contributed by atoms with Gasteiger partial charge in [-0.1, -0.05) is 42.5 Å². The second-order valence-corrected chi connectivity index (χ2v) is 7.17. The summed E-state index contributed by atoms with van der Waals surface area (Å²) >= 11 is 1.47. The summed E-state index contributed by atoms with van der Waals surface area (Å²) in [6.45, 7) is 2.87. The largest absolute Gasteiger partial charge is 0.490 e. The van der Waals surface area contributed by atoms with Crippen molar-refractivity contribution < 1.29 is 19.0 Å². The van der Waals surface area contributed by atoms with Crippen LogP contribution >= 0.6 is 11.3 Å². The summed E-state index contributed by atoms with van der Waals surface area (Å²) in [5, 5.41) is 1.91.